The molecule has 0 saturated carbocycles. The van der Waals surface area contributed by atoms with Crippen molar-refractivity contribution < 1.29 is 14.0 Å². The fraction of sp³-hybridized carbons (Fsp3) is 0.429. The van der Waals surface area contributed by atoms with E-state index in [-0.39, 0.29) is 17.4 Å². The predicted octanol–water partition coefficient (Wildman–Crippen LogP) is 3.81. The molecule has 1 aromatic heterocycles. The molecule has 1 aromatic carbocycles. The fourth-order valence-electron chi connectivity index (χ4n) is 4.19. The maximum absolute atomic E-state index is 12.6. The minimum absolute atomic E-state index is 0.0594. The van der Waals surface area contributed by atoms with Crippen LogP contribution in [0.25, 0.3) is 11.3 Å². The van der Waals surface area contributed by atoms with Crippen molar-refractivity contribution >= 4 is 17.6 Å². The molecule has 1 spiro atoms. The molecule has 0 atom stereocenters. The number of furan rings is 1. The molecule has 27 heavy (non-hydrogen) atoms. The lowest BCUT2D eigenvalue weighted by Crippen LogP contribution is -2.51. The highest BCUT2D eigenvalue weighted by Crippen LogP contribution is 2.39. The SMILES string of the molecule is CN1CC2(CCC1=O)CCN(C(=O)Nc1ccc(-c3ccco3)cc1)CC2. The lowest BCUT2D eigenvalue weighted by molar-refractivity contribution is -0.137. The Balaban J connectivity index is 1.33. The predicted molar refractivity (Wildman–Crippen MR) is 103 cm³/mol. The second-order valence-corrected chi connectivity index (χ2v) is 7.72. The number of amides is 3. The zero-order chi connectivity index (χ0) is 18.9. The number of likely N-dealkylation sites (tertiary alicyclic amines) is 2. The number of piperidine rings is 2. The summed E-state index contributed by atoms with van der Waals surface area (Å²) < 4.78 is 5.38. The molecule has 2 aliphatic rings. The van der Waals surface area contributed by atoms with Gasteiger partial charge in [0.2, 0.25) is 5.91 Å². The molecule has 6 nitrogen and oxygen atoms in total. The summed E-state index contributed by atoms with van der Waals surface area (Å²) in [5.41, 5.74) is 1.94. The van der Waals surface area contributed by atoms with Gasteiger partial charge in [0.25, 0.3) is 0 Å². The number of nitrogens with one attached hydrogen (secondary N) is 1. The van der Waals surface area contributed by atoms with Crippen molar-refractivity contribution in [1.29, 1.82) is 0 Å². The second-order valence-electron chi connectivity index (χ2n) is 7.72. The average Bonchev–Trinajstić information content (AvgIpc) is 3.21. The van der Waals surface area contributed by atoms with Crippen LogP contribution < -0.4 is 5.32 Å². The summed E-state index contributed by atoms with van der Waals surface area (Å²) in [5, 5.41) is 2.98. The molecule has 3 heterocycles. The Morgan fingerprint density at radius 3 is 2.48 bits per heavy atom. The van der Waals surface area contributed by atoms with Crippen LogP contribution in [0.3, 0.4) is 0 Å². The summed E-state index contributed by atoms with van der Waals surface area (Å²) in [5.74, 6) is 1.05. The smallest absolute Gasteiger partial charge is 0.321 e. The number of nitrogens with zero attached hydrogens (tertiary/aromatic N) is 2. The molecule has 1 N–H and O–H groups in total. The zero-order valence-corrected chi connectivity index (χ0v) is 15.6. The molecule has 6 heteroatoms. The zero-order valence-electron chi connectivity index (χ0n) is 15.6. The number of hydrogen-bond acceptors (Lipinski definition) is 3. The number of anilines is 1. The van der Waals surface area contributed by atoms with Crippen molar-refractivity contribution in [1.82, 2.24) is 9.80 Å². The van der Waals surface area contributed by atoms with Crippen molar-refractivity contribution in [2.24, 2.45) is 5.41 Å². The van der Waals surface area contributed by atoms with E-state index in [1.165, 1.54) is 0 Å². The van der Waals surface area contributed by atoms with Gasteiger partial charge in [0, 0.05) is 44.4 Å². The van der Waals surface area contributed by atoms with Gasteiger partial charge in [-0.15, -0.1) is 0 Å². The molecule has 2 aliphatic heterocycles. The second kappa shape index (κ2) is 7.10. The quantitative estimate of drug-likeness (QED) is 0.878. The Labute approximate surface area is 159 Å². The first-order chi connectivity index (χ1) is 13.0. The van der Waals surface area contributed by atoms with Crippen LogP contribution in [-0.4, -0.2) is 48.4 Å². The van der Waals surface area contributed by atoms with Crippen LogP contribution in [-0.2, 0) is 4.79 Å². The molecule has 142 valence electrons. The van der Waals surface area contributed by atoms with Gasteiger partial charge in [0.05, 0.1) is 6.26 Å². The van der Waals surface area contributed by atoms with E-state index in [1.807, 2.05) is 53.2 Å². The topological polar surface area (TPSA) is 65.8 Å². The largest absolute Gasteiger partial charge is 0.464 e. The lowest BCUT2D eigenvalue weighted by atomic mass is 9.72. The van der Waals surface area contributed by atoms with Crippen LogP contribution in [0.15, 0.2) is 47.1 Å². The Morgan fingerprint density at radius 2 is 1.85 bits per heavy atom. The normalized spacial score (nSPS) is 19.4. The van der Waals surface area contributed by atoms with Crippen molar-refractivity contribution in [2.45, 2.75) is 25.7 Å². The molecule has 2 aromatic rings. The number of carbonyl (C=O) groups is 2. The van der Waals surface area contributed by atoms with E-state index >= 15 is 0 Å². The Morgan fingerprint density at radius 1 is 1.11 bits per heavy atom. The number of carbonyl (C=O) groups excluding carboxylic acids is 2. The summed E-state index contributed by atoms with van der Waals surface area (Å²) in [4.78, 5) is 28.1. The number of urea groups is 1. The van der Waals surface area contributed by atoms with E-state index in [2.05, 4.69) is 5.32 Å². The summed E-state index contributed by atoms with van der Waals surface area (Å²) >= 11 is 0. The molecule has 2 fully saturated rings. The summed E-state index contributed by atoms with van der Waals surface area (Å²) in [6, 6.07) is 11.4. The Bertz CT molecular complexity index is 806. The van der Waals surface area contributed by atoms with Crippen LogP contribution >= 0.6 is 0 Å². The summed E-state index contributed by atoms with van der Waals surface area (Å²) in [7, 11) is 1.88. The molecule has 0 bridgehead atoms. The lowest BCUT2D eigenvalue weighted by Gasteiger charge is -2.46. The van der Waals surface area contributed by atoms with Gasteiger partial charge in [-0.25, -0.2) is 4.79 Å². The van der Waals surface area contributed by atoms with Crippen molar-refractivity contribution in [3.63, 3.8) is 0 Å². The monoisotopic (exact) mass is 367 g/mol. The van der Waals surface area contributed by atoms with Gasteiger partial charge < -0.3 is 19.5 Å². The molecular weight excluding hydrogens is 342 g/mol. The molecule has 4 rings (SSSR count). The highest BCUT2D eigenvalue weighted by atomic mass is 16.3. The average molecular weight is 367 g/mol. The molecular formula is C21H25N3O3. The molecule has 2 saturated heterocycles. The third kappa shape index (κ3) is 3.70. The van der Waals surface area contributed by atoms with Gasteiger partial charge in [-0.2, -0.15) is 0 Å². The maximum atomic E-state index is 12.6. The van der Waals surface area contributed by atoms with Gasteiger partial charge in [0.1, 0.15) is 5.76 Å². The highest BCUT2D eigenvalue weighted by Gasteiger charge is 2.40. The van der Waals surface area contributed by atoms with E-state index in [4.69, 9.17) is 4.42 Å². The van der Waals surface area contributed by atoms with Gasteiger partial charge in [0.15, 0.2) is 0 Å². The summed E-state index contributed by atoms with van der Waals surface area (Å²) in [6.45, 7) is 2.28. The minimum atomic E-state index is -0.0594. The van der Waals surface area contributed by atoms with E-state index in [0.717, 1.165) is 55.9 Å². The number of rotatable bonds is 2. The number of hydrogen-bond donors (Lipinski definition) is 1. The van der Waals surface area contributed by atoms with Gasteiger partial charge >= 0.3 is 6.03 Å². The molecule has 0 unspecified atom stereocenters. The standard InChI is InChI=1S/C21H25N3O3/c1-23-15-21(9-8-19(23)25)10-12-24(13-11-21)20(26)22-17-6-4-16(5-7-17)18-3-2-14-27-18/h2-7,14H,8-13,15H2,1H3,(H,22,26). The van der Waals surface area contributed by atoms with E-state index in [9.17, 15) is 9.59 Å². The van der Waals surface area contributed by atoms with Crippen molar-refractivity contribution in [3.05, 3.63) is 42.7 Å². The maximum Gasteiger partial charge on any atom is 0.321 e. The van der Waals surface area contributed by atoms with Gasteiger partial charge in [-0.3, -0.25) is 4.79 Å². The molecule has 0 aliphatic carbocycles. The van der Waals surface area contributed by atoms with Crippen molar-refractivity contribution in [3.8, 4) is 11.3 Å². The van der Waals surface area contributed by atoms with Crippen LogP contribution in [0.4, 0.5) is 10.5 Å². The number of benzene rings is 1. The van der Waals surface area contributed by atoms with E-state index in [0.29, 0.717) is 6.42 Å². The molecule has 0 radical (unpaired) electrons. The van der Waals surface area contributed by atoms with Crippen LogP contribution in [0.1, 0.15) is 25.7 Å². The Hall–Kier alpha value is -2.76. The first-order valence-corrected chi connectivity index (χ1v) is 9.49. The van der Waals surface area contributed by atoms with Crippen LogP contribution in [0, 0.1) is 5.41 Å². The first-order valence-electron chi connectivity index (χ1n) is 9.49. The third-order valence-electron chi connectivity index (χ3n) is 5.92. The highest BCUT2D eigenvalue weighted by molar-refractivity contribution is 5.89. The Kier molecular flexibility index (Phi) is 4.64. The van der Waals surface area contributed by atoms with E-state index in [1.54, 1.807) is 6.26 Å². The van der Waals surface area contributed by atoms with Gasteiger partial charge in [-0.05, 0) is 61.1 Å². The fourth-order valence-corrected chi connectivity index (χ4v) is 4.19. The third-order valence-corrected chi connectivity index (χ3v) is 5.92. The van der Waals surface area contributed by atoms with Crippen molar-refractivity contribution in [2.75, 3.05) is 32.0 Å². The van der Waals surface area contributed by atoms with Crippen LogP contribution in [0.5, 0.6) is 0 Å². The first kappa shape index (κ1) is 17.6. The minimum Gasteiger partial charge on any atom is -0.464 e. The van der Waals surface area contributed by atoms with Crippen LogP contribution in [0.2, 0.25) is 0 Å². The molecule has 3 amide bonds. The van der Waals surface area contributed by atoms with E-state index < -0.39 is 0 Å². The van der Waals surface area contributed by atoms with Gasteiger partial charge in [-0.1, -0.05) is 0 Å². The summed E-state index contributed by atoms with van der Waals surface area (Å²) in [6.07, 6.45) is 5.13.